The summed E-state index contributed by atoms with van der Waals surface area (Å²) in [4.78, 5) is 23.0. The molecule has 2 atom stereocenters. The van der Waals surface area contributed by atoms with E-state index in [1.807, 2.05) is 13.8 Å². The second-order valence-corrected chi connectivity index (χ2v) is 6.88. The van der Waals surface area contributed by atoms with Crippen molar-refractivity contribution in [3.63, 3.8) is 0 Å². The maximum Gasteiger partial charge on any atom is 0.307 e. The molecule has 0 saturated heterocycles. The molecule has 0 aromatic carbocycles. The zero-order valence-electron chi connectivity index (χ0n) is 13.8. The molecule has 0 aliphatic heterocycles. The van der Waals surface area contributed by atoms with E-state index >= 15 is 0 Å². The molecule has 1 rings (SSSR count). The molecular formula is C17H31NO3. The van der Waals surface area contributed by atoms with Crippen molar-refractivity contribution in [2.75, 3.05) is 6.54 Å². The van der Waals surface area contributed by atoms with E-state index in [4.69, 9.17) is 5.11 Å². The largest absolute Gasteiger partial charge is 0.481 e. The molecule has 2 unspecified atom stereocenters. The number of aliphatic carboxylic acids is 1. The Kier molecular flexibility index (Phi) is 7.20. The Hall–Kier alpha value is -1.06. The van der Waals surface area contributed by atoms with Gasteiger partial charge in [0.15, 0.2) is 0 Å². The summed E-state index contributed by atoms with van der Waals surface area (Å²) in [6.45, 7) is 6.60. The van der Waals surface area contributed by atoms with Crippen LogP contribution < -0.4 is 5.32 Å². The first-order valence-electron chi connectivity index (χ1n) is 8.43. The van der Waals surface area contributed by atoms with Crippen molar-refractivity contribution >= 4 is 11.9 Å². The van der Waals surface area contributed by atoms with Crippen molar-refractivity contribution in [1.29, 1.82) is 0 Å². The van der Waals surface area contributed by atoms with Gasteiger partial charge < -0.3 is 10.4 Å². The number of carbonyl (C=O) groups excluding carboxylic acids is 1. The minimum Gasteiger partial charge on any atom is -0.481 e. The standard InChI is InChI=1S/C17H31NO3/c1-4-5-6-7-8-9-10-11-12-18-15(19)13-14(16(20)21)17(13,2)3/h13-14H,4-12H2,1-3H3,(H,18,19)(H,20,21). The van der Waals surface area contributed by atoms with Crippen LogP contribution in [0.5, 0.6) is 0 Å². The molecular weight excluding hydrogens is 266 g/mol. The van der Waals surface area contributed by atoms with Crippen LogP contribution in [0.2, 0.25) is 0 Å². The van der Waals surface area contributed by atoms with Crippen LogP contribution in [0.15, 0.2) is 0 Å². The van der Waals surface area contributed by atoms with E-state index < -0.39 is 17.3 Å². The van der Waals surface area contributed by atoms with E-state index in [0.717, 1.165) is 12.8 Å². The van der Waals surface area contributed by atoms with Gasteiger partial charge >= 0.3 is 5.97 Å². The van der Waals surface area contributed by atoms with Gasteiger partial charge in [0, 0.05) is 6.54 Å². The van der Waals surface area contributed by atoms with Crippen molar-refractivity contribution in [1.82, 2.24) is 5.32 Å². The van der Waals surface area contributed by atoms with Crippen LogP contribution in [0.3, 0.4) is 0 Å². The van der Waals surface area contributed by atoms with Gasteiger partial charge in [0.2, 0.25) is 5.91 Å². The third-order valence-electron chi connectivity index (χ3n) is 4.71. The van der Waals surface area contributed by atoms with Crippen molar-refractivity contribution < 1.29 is 14.7 Å². The van der Waals surface area contributed by atoms with Crippen LogP contribution in [0, 0.1) is 17.3 Å². The average molecular weight is 297 g/mol. The Morgan fingerprint density at radius 2 is 1.48 bits per heavy atom. The van der Waals surface area contributed by atoms with Gasteiger partial charge in [-0.1, -0.05) is 65.7 Å². The zero-order chi connectivity index (χ0) is 15.9. The first-order chi connectivity index (χ1) is 9.92. The van der Waals surface area contributed by atoms with Crippen LogP contribution >= 0.6 is 0 Å². The van der Waals surface area contributed by atoms with Crippen LogP contribution in [0.4, 0.5) is 0 Å². The van der Waals surface area contributed by atoms with E-state index in [1.54, 1.807) is 0 Å². The second kappa shape index (κ2) is 8.40. The number of carboxylic acid groups (broad SMARTS) is 1. The Morgan fingerprint density at radius 3 is 1.95 bits per heavy atom. The van der Waals surface area contributed by atoms with Crippen molar-refractivity contribution in [2.24, 2.45) is 17.3 Å². The van der Waals surface area contributed by atoms with Crippen molar-refractivity contribution in [3.8, 4) is 0 Å². The van der Waals surface area contributed by atoms with E-state index in [9.17, 15) is 9.59 Å². The Balaban J connectivity index is 2.04. The molecule has 122 valence electrons. The summed E-state index contributed by atoms with van der Waals surface area (Å²) in [7, 11) is 0. The first-order valence-corrected chi connectivity index (χ1v) is 8.43. The Morgan fingerprint density at radius 1 is 0.952 bits per heavy atom. The Bertz CT molecular complexity index is 352. The molecule has 1 amide bonds. The van der Waals surface area contributed by atoms with E-state index in [1.165, 1.54) is 38.5 Å². The lowest BCUT2D eigenvalue weighted by molar-refractivity contribution is -0.140. The number of rotatable bonds is 11. The fraction of sp³-hybridized carbons (Fsp3) is 0.882. The quantitative estimate of drug-likeness (QED) is 0.573. The summed E-state index contributed by atoms with van der Waals surface area (Å²) >= 11 is 0. The lowest BCUT2D eigenvalue weighted by Crippen LogP contribution is -2.28. The highest BCUT2D eigenvalue weighted by Crippen LogP contribution is 2.58. The lowest BCUT2D eigenvalue weighted by Gasteiger charge is -2.06. The van der Waals surface area contributed by atoms with E-state index in [-0.39, 0.29) is 11.8 Å². The fourth-order valence-corrected chi connectivity index (χ4v) is 3.17. The van der Waals surface area contributed by atoms with Gasteiger partial charge in [-0.2, -0.15) is 0 Å². The van der Waals surface area contributed by atoms with Crippen LogP contribution in [-0.4, -0.2) is 23.5 Å². The highest BCUT2D eigenvalue weighted by Gasteiger charge is 2.65. The smallest absolute Gasteiger partial charge is 0.307 e. The number of carboxylic acids is 1. The number of unbranched alkanes of at least 4 members (excludes halogenated alkanes) is 7. The minimum atomic E-state index is -0.854. The van der Waals surface area contributed by atoms with E-state index in [0.29, 0.717) is 6.54 Å². The third kappa shape index (κ3) is 5.33. The molecule has 0 heterocycles. The average Bonchev–Trinajstić information content (AvgIpc) is 3.00. The molecule has 0 aromatic heterocycles. The van der Waals surface area contributed by atoms with Gasteiger partial charge in [-0.05, 0) is 11.8 Å². The van der Waals surface area contributed by atoms with Gasteiger partial charge in [0.05, 0.1) is 11.8 Å². The predicted octanol–water partition coefficient (Wildman–Crippen LogP) is 3.60. The number of nitrogens with one attached hydrogen (secondary N) is 1. The molecule has 4 nitrogen and oxygen atoms in total. The maximum absolute atomic E-state index is 12.0. The summed E-state index contributed by atoms with van der Waals surface area (Å²) in [6.07, 6.45) is 9.90. The summed E-state index contributed by atoms with van der Waals surface area (Å²) in [5.74, 6) is -1.82. The molecule has 4 heteroatoms. The summed E-state index contributed by atoms with van der Waals surface area (Å²) < 4.78 is 0. The molecule has 0 spiro atoms. The van der Waals surface area contributed by atoms with Gasteiger partial charge in [0.1, 0.15) is 0 Å². The molecule has 1 saturated carbocycles. The lowest BCUT2D eigenvalue weighted by atomic mass is 10.1. The third-order valence-corrected chi connectivity index (χ3v) is 4.71. The summed E-state index contributed by atoms with van der Waals surface area (Å²) in [5, 5.41) is 12.0. The van der Waals surface area contributed by atoms with Crippen LogP contribution in [0.1, 0.15) is 72.1 Å². The SMILES string of the molecule is CCCCCCCCCCNC(=O)C1C(C(=O)O)C1(C)C. The Labute approximate surface area is 128 Å². The molecule has 21 heavy (non-hydrogen) atoms. The molecule has 0 bridgehead atoms. The summed E-state index contributed by atoms with van der Waals surface area (Å²) in [6, 6.07) is 0. The normalized spacial score (nSPS) is 22.8. The fourth-order valence-electron chi connectivity index (χ4n) is 3.17. The molecule has 2 N–H and O–H groups in total. The predicted molar refractivity (Wildman–Crippen MR) is 84.0 cm³/mol. The van der Waals surface area contributed by atoms with Crippen LogP contribution in [0.25, 0.3) is 0 Å². The van der Waals surface area contributed by atoms with Gasteiger partial charge in [-0.15, -0.1) is 0 Å². The molecule has 1 aliphatic rings. The number of amides is 1. The molecule has 0 aromatic rings. The highest BCUT2D eigenvalue weighted by atomic mass is 16.4. The van der Waals surface area contributed by atoms with E-state index in [2.05, 4.69) is 12.2 Å². The minimum absolute atomic E-state index is 0.0876. The number of carbonyl (C=O) groups is 2. The summed E-state index contributed by atoms with van der Waals surface area (Å²) in [5.41, 5.74) is -0.394. The van der Waals surface area contributed by atoms with Gasteiger partial charge in [0.25, 0.3) is 0 Å². The first kappa shape index (κ1) is 18.0. The molecule has 1 aliphatic carbocycles. The van der Waals surface area contributed by atoms with Crippen molar-refractivity contribution in [2.45, 2.75) is 72.1 Å². The maximum atomic E-state index is 12.0. The van der Waals surface area contributed by atoms with Crippen molar-refractivity contribution in [3.05, 3.63) is 0 Å². The zero-order valence-corrected chi connectivity index (χ0v) is 13.8. The number of hydrogen-bond donors (Lipinski definition) is 2. The molecule has 1 fully saturated rings. The number of hydrogen-bond acceptors (Lipinski definition) is 2. The molecule has 0 radical (unpaired) electrons. The second-order valence-electron chi connectivity index (χ2n) is 6.88. The van der Waals surface area contributed by atoms with Gasteiger partial charge in [-0.25, -0.2) is 0 Å². The topological polar surface area (TPSA) is 66.4 Å². The van der Waals surface area contributed by atoms with Crippen LogP contribution in [-0.2, 0) is 9.59 Å². The monoisotopic (exact) mass is 297 g/mol. The van der Waals surface area contributed by atoms with Gasteiger partial charge in [-0.3, -0.25) is 9.59 Å². The highest BCUT2D eigenvalue weighted by molar-refractivity contribution is 5.91.